The Morgan fingerprint density at radius 2 is 1.70 bits per heavy atom. The fourth-order valence-electron chi connectivity index (χ4n) is 1.98. The van der Waals surface area contributed by atoms with Gasteiger partial charge in [0.15, 0.2) is 0 Å². The van der Waals surface area contributed by atoms with E-state index in [4.69, 9.17) is 14.2 Å². The Labute approximate surface area is 134 Å². The van der Waals surface area contributed by atoms with Crippen LogP contribution in [-0.2, 0) is 4.74 Å². The second-order valence-electron chi connectivity index (χ2n) is 4.57. The first-order chi connectivity index (χ1) is 11.2. The summed E-state index contributed by atoms with van der Waals surface area (Å²) in [7, 11) is 0. The van der Waals surface area contributed by atoms with Crippen molar-refractivity contribution in [2.75, 3.05) is 13.2 Å². The van der Waals surface area contributed by atoms with Gasteiger partial charge in [-0.1, -0.05) is 18.2 Å². The maximum absolute atomic E-state index is 12.3. The highest BCUT2D eigenvalue weighted by molar-refractivity contribution is 5.94. The number of carbonyl (C=O) groups is 2. The summed E-state index contributed by atoms with van der Waals surface area (Å²) in [4.78, 5) is 24.0. The van der Waals surface area contributed by atoms with Crippen LogP contribution < -0.4 is 9.47 Å². The lowest BCUT2D eigenvalue weighted by molar-refractivity contribution is 0.0524. The molecule has 0 aliphatic heterocycles. The van der Waals surface area contributed by atoms with Crippen molar-refractivity contribution >= 4 is 11.9 Å². The van der Waals surface area contributed by atoms with E-state index in [-0.39, 0.29) is 12.4 Å². The predicted octanol–water partition coefficient (Wildman–Crippen LogP) is 3.48. The SMILES string of the molecule is CCOC(=O)c1cccc(OC(=O)c2ccccc2OCC)c1. The van der Waals surface area contributed by atoms with Gasteiger partial charge in [0.05, 0.1) is 18.8 Å². The molecule has 2 rings (SSSR count). The third-order valence-corrected chi connectivity index (χ3v) is 2.96. The number of hydrogen-bond acceptors (Lipinski definition) is 5. The molecule has 23 heavy (non-hydrogen) atoms. The van der Waals surface area contributed by atoms with Crippen molar-refractivity contribution in [3.63, 3.8) is 0 Å². The van der Waals surface area contributed by atoms with Crippen molar-refractivity contribution in [2.45, 2.75) is 13.8 Å². The van der Waals surface area contributed by atoms with Gasteiger partial charge in [-0.3, -0.25) is 0 Å². The van der Waals surface area contributed by atoms with Crippen LogP contribution in [0.1, 0.15) is 34.6 Å². The molecule has 0 amide bonds. The maximum Gasteiger partial charge on any atom is 0.347 e. The van der Waals surface area contributed by atoms with Crippen molar-refractivity contribution in [3.05, 3.63) is 59.7 Å². The molecular weight excluding hydrogens is 296 g/mol. The summed E-state index contributed by atoms with van der Waals surface area (Å²) in [6.07, 6.45) is 0. The monoisotopic (exact) mass is 314 g/mol. The van der Waals surface area contributed by atoms with E-state index < -0.39 is 11.9 Å². The Kier molecular flexibility index (Phi) is 5.74. The number of hydrogen-bond donors (Lipinski definition) is 0. The molecule has 0 heterocycles. The Morgan fingerprint density at radius 3 is 2.43 bits per heavy atom. The number of para-hydroxylation sites is 1. The lowest BCUT2D eigenvalue weighted by Gasteiger charge is -2.10. The standard InChI is InChI=1S/C18H18O5/c1-3-21-16-11-6-5-10-15(16)18(20)23-14-9-7-8-13(12-14)17(19)22-4-2/h5-12H,3-4H2,1-2H3. The van der Waals surface area contributed by atoms with Gasteiger partial charge in [-0.05, 0) is 44.2 Å². The molecule has 0 radical (unpaired) electrons. The van der Waals surface area contributed by atoms with Crippen LogP contribution in [0.5, 0.6) is 11.5 Å². The van der Waals surface area contributed by atoms with Crippen LogP contribution in [0.3, 0.4) is 0 Å². The van der Waals surface area contributed by atoms with Gasteiger partial charge in [-0.2, -0.15) is 0 Å². The number of ether oxygens (including phenoxy) is 3. The molecule has 0 aliphatic carbocycles. The summed E-state index contributed by atoms with van der Waals surface area (Å²) < 4.78 is 15.7. The van der Waals surface area contributed by atoms with E-state index in [1.165, 1.54) is 6.07 Å². The topological polar surface area (TPSA) is 61.8 Å². The fraction of sp³-hybridized carbons (Fsp3) is 0.222. The molecule has 0 aliphatic rings. The minimum absolute atomic E-state index is 0.270. The van der Waals surface area contributed by atoms with Crippen molar-refractivity contribution in [1.82, 2.24) is 0 Å². The molecule has 0 spiro atoms. The Hall–Kier alpha value is -2.82. The zero-order valence-corrected chi connectivity index (χ0v) is 13.1. The first kappa shape index (κ1) is 16.5. The minimum Gasteiger partial charge on any atom is -0.493 e. The first-order valence-corrected chi connectivity index (χ1v) is 7.37. The summed E-state index contributed by atoms with van der Waals surface area (Å²) in [5.41, 5.74) is 0.658. The van der Waals surface area contributed by atoms with E-state index in [0.29, 0.717) is 23.5 Å². The molecule has 120 valence electrons. The highest BCUT2D eigenvalue weighted by atomic mass is 16.5. The molecule has 0 saturated carbocycles. The van der Waals surface area contributed by atoms with E-state index in [1.807, 2.05) is 6.92 Å². The molecule has 0 fully saturated rings. The summed E-state index contributed by atoms with van der Waals surface area (Å²) in [5, 5.41) is 0. The van der Waals surface area contributed by atoms with E-state index in [1.54, 1.807) is 49.4 Å². The molecule has 0 N–H and O–H groups in total. The summed E-state index contributed by atoms with van der Waals surface area (Å²) >= 11 is 0. The molecule has 0 unspecified atom stereocenters. The largest absolute Gasteiger partial charge is 0.493 e. The van der Waals surface area contributed by atoms with Crippen LogP contribution in [-0.4, -0.2) is 25.2 Å². The summed E-state index contributed by atoms with van der Waals surface area (Å²) in [6.45, 7) is 4.30. The third-order valence-electron chi connectivity index (χ3n) is 2.96. The molecule has 0 saturated heterocycles. The Bertz CT molecular complexity index is 693. The maximum atomic E-state index is 12.3. The number of rotatable bonds is 6. The van der Waals surface area contributed by atoms with Gasteiger partial charge >= 0.3 is 11.9 Å². The zero-order valence-electron chi connectivity index (χ0n) is 13.1. The van der Waals surface area contributed by atoms with Crippen molar-refractivity contribution < 1.29 is 23.8 Å². The van der Waals surface area contributed by atoms with Crippen LogP contribution in [0.25, 0.3) is 0 Å². The summed E-state index contributed by atoms with van der Waals surface area (Å²) in [6, 6.07) is 13.1. The van der Waals surface area contributed by atoms with Gasteiger partial charge in [-0.25, -0.2) is 9.59 Å². The molecule has 5 heteroatoms. The van der Waals surface area contributed by atoms with Gasteiger partial charge in [0.2, 0.25) is 0 Å². The molecule has 0 bridgehead atoms. The van der Waals surface area contributed by atoms with Gasteiger partial charge in [0.1, 0.15) is 17.1 Å². The smallest absolute Gasteiger partial charge is 0.347 e. The fourth-order valence-corrected chi connectivity index (χ4v) is 1.98. The Balaban J connectivity index is 2.18. The van der Waals surface area contributed by atoms with Crippen LogP contribution in [0, 0.1) is 0 Å². The van der Waals surface area contributed by atoms with Crippen molar-refractivity contribution in [2.24, 2.45) is 0 Å². The quantitative estimate of drug-likeness (QED) is 0.603. The van der Waals surface area contributed by atoms with Gasteiger partial charge in [-0.15, -0.1) is 0 Å². The minimum atomic E-state index is -0.546. The third kappa shape index (κ3) is 4.32. The lowest BCUT2D eigenvalue weighted by Crippen LogP contribution is -2.11. The molecular formula is C18H18O5. The zero-order chi connectivity index (χ0) is 16.7. The van der Waals surface area contributed by atoms with Crippen LogP contribution in [0.2, 0.25) is 0 Å². The van der Waals surface area contributed by atoms with Crippen molar-refractivity contribution in [1.29, 1.82) is 0 Å². The average Bonchev–Trinajstić information content (AvgIpc) is 2.56. The average molecular weight is 314 g/mol. The van der Waals surface area contributed by atoms with Gasteiger partial charge in [0.25, 0.3) is 0 Å². The summed E-state index contributed by atoms with van der Waals surface area (Å²) in [5.74, 6) is -0.274. The number of esters is 2. The normalized spacial score (nSPS) is 10.0. The number of carbonyl (C=O) groups excluding carboxylic acids is 2. The lowest BCUT2D eigenvalue weighted by atomic mass is 10.2. The van der Waals surface area contributed by atoms with E-state index in [2.05, 4.69) is 0 Å². The van der Waals surface area contributed by atoms with E-state index in [9.17, 15) is 9.59 Å². The molecule has 0 atom stereocenters. The van der Waals surface area contributed by atoms with Crippen molar-refractivity contribution in [3.8, 4) is 11.5 Å². The van der Waals surface area contributed by atoms with E-state index in [0.717, 1.165) is 0 Å². The second kappa shape index (κ2) is 7.98. The van der Waals surface area contributed by atoms with Crippen LogP contribution in [0.15, 0.2) is 48.5 Å². The van der Waals surface area contributed by atoms with E-state index >= 15 is 0 Å². The highest BCUT2D eigenvalue weighted by Gasteiger charge is 2.15. The van der Waals surface area contributed by atoms with Crippen LogP contribution >= 0.6 is 0 Å². The molecule has 5 nitrogen and oxygen atoms in total. The number of benzene rings is 2. The molecule has 0 aromatic heterocycles. The first-order valence-electron chi connectivity index (χ1n) is 7.37. The van der Waals surface area contributed by atoms with Gasteiger partial charge < -0.3 is 14.2 Å². The molecule has 2 aromatic carbocycles. The van der Waals surface area contributed by atoms with Gasteiger partial charge in [0, 0.05) is 0 Å². The second-order valence-corrected chi connectivity index (χ2v) is 4.57. The molecule has 2 aromatic rings. The highest BCUT2D eigenvalue weighted by Crippen LogP contribution is 2.21. The predicted molar refractivity (Wildman–Crippen MR) is 85.0 cm³/mol. The van der Waals surface area contributed by atoms with Crippen LogP contribution in [0.4, 0.5) is 0 Å². The Morgan fingerprint density at radius 1 is 0.913 bits per heavy atom.